The molecule has 2 aromatic carbocycles. The smallest absolute Gasteiger partial charge is 0.261 e. The second-order valence-electron chi connectivity index (χ2n) is 6.65. The van der Waals surface area contributed by atoms with E-state index in [9.17, 15) is 14.4 Å². The van der Waals surface area contributed by atoms with Crippen LogP contribution in [0.25, 0.3) is 0 Å². The van der Waals surface area contributed by atoms with E-state index >= 15 is 0 Å². The summed E-state index contributed by atoms with van der Waals surface area (Å²) >= 11 is 0. The Morgan fingerprint density at radius 1 is 1.04 bits per heavy atom. The zero-order valence-corrected chi connectivity index (χ0v) is 15.1. The standard InChI is InChI=1S/C21H20N2O4/c1-2-27-18-9-8-14(12-17(18)19(24)22-10-5-11-22)13-23-20(25)15-6-3-4-7-16(15)21(23)26/h3-4,6-9,12H,2,5,10-11,13H2,1H3. The molecule has 0 unspecified atom stereocenters. The monoisotopic (exact) mass is 364 g/mol. The van der Waals surface area contributed by atoms with Crippen LogP contribution in [-0.2, 0) is 6.54 Å². The van der Waals surface area contributed by atoms with Crippen LogP contribution in [0.2, 0.25) is 0 Å². The topological polar surface area (TPSA) is 66.9 Å². The van der Waals surface area contributed by atoms with Crippen LogP contribution in [0.15, 0.2) is 42.5 Å². The molecule has 0 aromatic heterocycles. The normalized spacial score (nSPS) is 15.6. The van der Waals surface area contributed by atoms with Crippen molar-refractivity contribution in [1.29, 1.82) is 0 Å². The molecule has 0 N–H and O–H groups in total. The van der Waals surface area contributed by atoms with Gasteiger partial charge in [0.25, 0.3) is 17.7 Å². The van der Waals surface area contributed by atoms with E-state index in [0.29, 0.717) is 29.0 Å². The Kier molecular flexibility index (Phi) is 4.39. The Morgan fingerprint density at radius 3 is 2.26 bits per heavy atom. The summed E-state index contributed by atoms with van der Waals surface area (Å²) in [7, 11) is 0. The van der Waals surface area contributed by atoms with Crippen molar-refractivity contribution in [2.24, 2.45) is 0 Å². The third kappa shape index (κ3) is 2.97. The summed E-state index contributed by atoms with van der Waals surface area (Å²) in [5.41, 5.74) is 2.04. The van der Waals surface area contributed by atoms with Gasteiger partial charge in [-0.05, 0) is 43.2 Å². The van der Waals surface area contributed by atoms with Crippen LogP contribution in [0.5, 0.6) is 5.75 Å². The third-order valence-corrected chi connectivity index (χ3v) is 4.94. The molecule has 3 amide bonds. The summed E-state index contributed by atoms with van der Waals surface area (Å²) in [6, 6.07) is 12.1. The number of hydrogen-bond donors (Lipinski definition) is 0. The minimum atomic E-state index is -0.305. The van der Waals surface area contributed by atoms with Gasteiger partial charge < -0.3 is 9.64 Å². The maximum atomic E-state index is 12.7. The van der Waals surface area contributed by atoms with Crippen molar-refractivity contribution < 1.29 is 19.1 Å². The number of rotatable bonds is 5. The van der Waals surface area contributed by atoms with Crippen molar-refractivity contribution >= 4 is 17.7 Å². The number of likely N-dealkylation sites (tertiary alicyclic amines) is 1. The summed E-state index contributed by atoms with van der Waals surface area (Å²) in [6.07, 6.45) is 1.00. The lowest BCUT2D eigenvalue weighted by molar-refractivity contribution is 0.0639. The van der Waals surface area contributed by atoms with Crippen molar-refractivity contribution in [3.8, 4) is 5.75 Å². The van der Waals surface area contributed by atoms with Gasteiger partial charge in [-0.25, -0.2) is 0 Å². The van der Waals surface area contributed by atoms with E-state index in [4.69, 9.17) is 4.74 Å². The Morgan fingerprint density at radius 2 is 1.70 bits per heavy atom. The van der Waals surface area contributed by atoms with Gasteiger partial charge in [0.1, 0.15) is 5.75 Å². The highest BCUT2D eigenvalue weighted by Crippen LogP contribution is 2.28. The summed E-state index contributed by atoms with van der Waals surface area (Å²) in [5.74, 6) is -0.158. The van der Waals surface area contributed by atoms with Gasteiger partial charge in [-0.2, -0.15) is 0 Å². The number of amides is 3. The second kappa shape index (κ2) is 6.87. The quantitative estimate of drug-likeness (QED) is 0.765. The van der Waals surface area contributed by atoms with Gasteiger partial charge in [-0.15, -0.1) is 0 Å². The molecule has 0 atom stereocenters. The predicted octanol–water partition coefficient (Wildman–Crippen LogP) is 2.73. The van der Waals surface area contributed by atoms with Gasteiger partial charge in [-0.3, -0.25) is 19.3 Å². The number of carbonyl (C=O) groups excluding carboxylic acids is 3. The van der Waals surface area contributed by atoms with E-state index in [0.717, 1.165) is 25.1 Å². The molecular formula is C21H20N2O4. The van der Waals surface area contributed by atoms with E-state index in [1.807, 2.05) is 6.92 Å². The lowest BCUT2D eigenvalue weighted by Crippen LogP contribution is -2.42. The largest absolute Gasteiger partial charge is 0.493 e. The Bertz CT molecular complexity index is 899. The first-order valence-electron chi connectivity index (χ1n) is 9.10. The van der Waals surface area contributed by atoms with E-state index in [-0.39, 0.29) is 24.3 Å². The minimum absolute atomic E-state index is 0.0751. The van der Waals surface area contributed by atoms with Crippen LogP contribution in [-0.4, -0.2) is 47.2 Å². The lowest BCUT2D eigenvalue weighted by atomic mass is 10.1. The lowest BCUT2D eigenvalue weighted by Gasteiger charge is -2.31. The first kappa shape index (κ1) is 17.3. The molecule has 0 radical (unpaired) electrons. The third-order valence-electron chi connectivity index (χ3n) is 4.94. The van der Waals surface area contributed by atoms with Crippen LogP contribution in [0.4, 0.5) is 0 Å². The molecule has 2 heterocycles. The van der Waals surface area contributed by atoms with Crippen LogP contribution < -0.4 is 4.74 Å². The molecule has 6 nitrogen and oxygen atoms in total. The molecule has 0 aliphatic carbocycles. The molecule has 1 saturated heterocycles. The molecule has 2 aliphatic heterocycles. The maximum absolute atomic E-state index is 12.7. The van der Waals surface area contributed by atoms with Crippen molar-refractivity contribution in [3.63, 3.8) is 0 Å². The highest BCUT2D eigenvalue weighted by atomic mass is 16.5. The fraction of sp³-hybridized carbons (Fsp3) is 0.286. The first-order chi connectivity index (χ1) is 13.1. The summed E-state index contributed by atoms with van der Waals surface area (Å²) in [4.78, 5) is 40.8. The average Bonchev–Trinajstić information content (AvgIpc) is 2.87. The molecule has 138 valence electrons. The molecule has 1 fully saturated rings. The van der Waals surface area contributed by atoms with Crippen molar-refractivity contribution in [2.45, 2.75) is 19.9 Å². The number of imide groups is 1. The van der Waals surface area contributed by atoms with Crippen LogP contribution in [0.3, 0.4) is 0 Å². The van der Waals surface area contributed by atoms with Crippen LogP contribution >= 0.6 is 0 Å². The minimum Gasteiger partial charge on any atom is -0.493 e. The number of ether oxygens (including phenoxy) is 1. The molecule has 0 spiro atoms. The fourth-order valence-corrected chi connectivity index (χ4v) is 3.38. The maximum Gasteiger partial charge on any atom is 0.261 e. The van der Waals surface area contributed by atoms with Gasteiger partial charge in [0.2, 0.25) is 0 Å². The number of nitrogens with zero attached hydrogens (tertiary/aromatic N) is 2. The summed E-state index contributed by atoms with van der Waals surface area (Å²) in [5, 5.41) is 0. The van der Waals surface area contributed by atoms with Gasteiger partial charge >= 0.3 is 0 Å². The summed E-state index contributed by atoms with van der Waals surface area (Å²) in [6.45, 7) is 3.93. The molecular weight excluding hydrogens is 344 g/mol. The molecule has 2 aliphatic rings. The van der Waals surface area contributed by atoms with Gasteiger partial charge in [0.15, 0.2) is 0 Å². The van der Waals surface area contributed by atoms with Crippen LogP contribution in [0.1, 0.15) is 50.0 Å². The van der Waals surface area contributed by atoms with E-state index in [1.54, 1.807) is 47.4 Å². The Hall–Kier alpha value is -3.15. The zero-order chi connectivity index (χ0) is 19.0. The first-order valence-corrected chi connectivity index (χ1v) is 9.10. The highest BCUT2D eigenvalue weighted by molar-refractivity contribution is 6.21. The number of carbonyl (C=O) groups is 3. The molecule has 2 aromatic rings. The predicted molar refractivity (Wildman–Crippen MR) is 98.8 cm³/mol. The van der Waals surface area contributed by atoms with Crippen LogP contribution in [0, 0.1) is 0 Å². The van der Waals surface area contributed by atoms with Gasteiger partial charge in [0.05, 0.1) is 29.8 Å². The van der Waals surface area contributed by atoms with Crippen molar-refractivity contribution in [3.05, 3.63) is 64.7 Å². The SMILES string of the molecule is CCOc1ccc(CN2C(=O)c3ccccc3C2=O)cc1C(=O)N1CCC1. The van der Waals surface area contributed by atoms with Crippen molar-refractivity contribution in [2.75, 3.05) is 19.7 Å². The zero-order valence-electron chi connectivity index (χ0n) is 15.1. The molecule has 6 heteroatoms. The Balaban J connectivity index is 1.62. The average molecular weight is 364 g/mol. The summed E-state index contributed by atoms with van der Waals surface area (Å²) < 4.78 is 5.60. The van der Waals surface area contributed by atoms with E-state index < -0.39 is 0 Å². The van der Waals surface area contributed by atoms with Crippen molar-refractivity contribution in [1.82, 2.24) is 9.80 Å². The van der Waals surface area contributed by atoms with Gasteiger partial charge in [0, 0.05) is 13.1 Å². The fourth-order valence-electron chi connectivity index (χ4n) is 3.38. The second-order valence-corrected chi connectivity index (χ2v) is 6.65. The van der Waals surface area contributed by atoms with Gasteiger partial charge in [-0.1, -0.05) is 18.2 Å². The Labute approximate surface area is 157 Å². The number of benzene rings is 2. The number of fused-ring (bicyclic) bond motifs is 1. The van der Waals surface area contributed by atoms with E-state index in [1.165, 1.54) is 4.90 Å². The molecule has 0 bridgehead atoms. The number of hydrogen-bond acceptors (Lipinski definition) is 4. The van der Waals surface area contributed by atoms with E-state index in [2.05, 4.69) is 0 Å². The molecule has 27 heavy (non-hydrogen) atoms. The highest BCUT2D eigenvalue weighted by Gasteiger charge is 2.35. The molecule has 0 saturated carbocycles. The molecule has 4 rings (SSSR count).